The highest BCUT2D eigenvalue weighted by Gasteiger charge is 2.11. The van der Waals surface area contributed by atoms with Crippen LogP contribution in [-0.2, 0) is 12.8 Å². The summed E-state index contributed by atoms with van der Waals surface area (Å²) in [6.07, 6.45) is 0. The number of thioether (sulfide) groups is 1. The van der Waals surface area contributed by atoms with Crippen molar-refractivity contribution in [2.24, 2.45) is 7.05 Å². The van der Waals surface area contributed by atoms with Crippen LogP contribution in [0.5, 0.6) is 0 Å². The maximum absolute atomic E-state index is 12.3. The van der Waals surface area contributed by atoms with Gasteiger partial charge in [0.25, 0.3) is 5.56 Å². The molecule has 0 radical (unpaired) electrons. The molecular weight excluding hydrogens is 316 g/mol. The molecule has 0 saturated heterocycles. The van der Waals surface area contributed by atoms with Crippen LogP contribution in [0.2, 0.25) is 0 Å². The number of hydrogen-bond donors (Lipinski definition) is 1. The van der Waals surface area contributed by atoms with Gasteiger partial charge in [-0.15, -0.1) is 11.3 Å². The molecule has 22 heavy (non-hydrogen) atoms. The van der Waals surface area contributed by atoms with Gasteiger partial charge in [0.05, 0.1) is 22.3 Å². The summed E-state index contributed by atoms with van der Waals surface area (Å²) in [6, 6.07) is 9.81. The van der Waals surface area contributed by atoms with Crippen LogP contribution in [0.25, 0.3) is 21.3 Å². The molecule has 0 aliphatic carbocycles. The first-order valence-electron chi connectivity index (χ1n) is 6.73. The predicted molar refractivity (Wildman–Crippen MR) is 90.5 cm³/mol. The number of imidazole rings is 1. The first kappa shape index (κ1) is 13.5. The van der Waals surface area contributed by atoms with Crippen LogP contribution in [0.3, 0.4) is 0 Å². The normalized spacial score (nSPS) is 11.5. The molecule has 1 N–H and O–H groups in total. The number of fused-ring (bicyclic) bond motifs is 2. The molecule has 110 valence electrons. The van der Waals surface area contributed by atoms with E-state index in [2.05, 4.69) is 15.0 Å². The third-order valence-corrected chi connectivity index (χ3v) is 5.36. The number of aromatic amines is 1. The smallest absolute Gasteiger partial charge is 0.271 e. The molecule has 0 unspecified atom stereocenters. The van der Waals surface area contributed by atoms with Crippen LogP contribution in [0.4, 0.5) is 0 Å². The van der Waals surface area contributed by atoms with Gasteiger partial charge in [-0.1, -0.05) is 23.9 Å². The maximum Gasteiger partial charge on any atom is 0.271 e. The molecule has 1 aromatic carbocycles. The zero-order valence-electron chi connectivity index (χ0n) is 11.7. The van der Waals surface area contributed by atoms with E-state index in [0.717, 1.165) is 22.4 Å². The van der Waals surface area contributed by atoms with Gasteiger partial charge in [0.15, 0.2) is 5.16 Å². The zero-order chi connectivity index (χ0) is 15.1. The molecule has 0 atom stereocenters. The minimum Gasteiger partial charge on any atom is -0.341 e. The van der Waals surface area contributed by atoms with Gasteiger partial charge in [0.1, 0.15) is 10.5 Å². The predicted octanol–water partition coefficient (Wildman–Crippen LogP) is 3.16. The van der Waals surface area contributed by atoms with Crippen molar-refractivity contribution in [2.75, 3.05) is 0 Å². The highest BCUT2D eigenvalue weighted by Crippen LogP contribution is 2.23. The summed E-state index contributed by atoms with van der Waals surface area (Å²) >= 11 is 2.94. The maximum atomic E-state index is 12.3. The Bertz CT molecular complexity index is 998. The average molecular weight is 328 g/mol. The second-order valence-electron chi connectivity index (χ2n) is 4.88. The Kier molecular flexibility index (Phi) is 3.24. The van der Waals surface area contributed by atoms with Crippen LogP contribution >= 0.6 is 23.1 Å². The molecule has 0 spiro atoms. The zero-order valence-corrected chi connectivity index (χ0v) is 13.4. The number of hydrogen-bond acceptors (Lipinski definition) is 5. The van der Waals surface area contributed by atoms with Crippen molar-refractivity contribution < 1.29 is 0 Å². The first-order chi connectivity index (χ1) is 10.7. The summed E-state index contributed by atoms with van der Waals surface area (Å²) in [4.78, 5) is 24.6. The first-order valence-corrected chi connectivity index (χ1v) is 8.59. The molecule has 5 nitrogen and oxygen atoms in total. The van der Waals surface area contributed by atoms with Crippen molar-refractivity contribution >= 4 is 44.3 Å². The Morgan fingerprint density at radius 1 is 1.23 bits per heavy atom. The molecule has 7 heteroatoms. The fourth-order valence-corrected chi connectivity index (χ4v) is 3.95. The Morgan fingerprint density at radius 3 is 2.95 bits per heavy atom. The standard InChI is InChI=1S/C15H12N4OS2/c1-19-14(20)13-11(6-7-21-13)18-15(19)22-8-12-16-9-4-2-3-5-10(9)17-12/h2-7H,8H2,1H3,(H,16,17). The molecular formula is C15H12N4OS2. The molecule has 4 rings (SSSR count). The summed E-state index contributed by atoms with van der Waals surface area (Å²) in [6.45, 7) is 0. The second kappa shape index (κ2) is 5.26. The Balaban J connectivity index is 1.66. The highest BCUT2D eigenvalue weighted by atomic mass is 32.2. The lowest BCUT2D eigenvalue weighted by Crippen LogP contribution is -2.18. The van der Waals surface area contributed by atoms with Gasteiger partial charge in [0.2, 0.25) is 0 Å². The van der Waals surface area contributed by atoms with Gasteiger partial charge in [-0.05, 0) is 23.6 Å². The van der Waals surface area contributed by atoms with Crippen molar-refractivity contribution in [3.05, 3.63) is 51.9 Å². The molecule has 0 aliphatic rings. The quantitative estimate of drug-likeness (QED) is 0.463. The van der Waals surface area contributed by atoms with E-state index in [0.29, 0.717) is 15.6 Å². The SMILES string of the molecule is Cn1c(SCc2nc3ccccc3[nH]2)nc2ccsc2c1=O. The summed E-state index contributed by atoms with van der Waals surface area (Å²) in [7, 11) is 1.76. The molecule has 0 aliphatic heterocycles. The van der Waals surface area contributed by atoms with Crippen LogP contribution in [0, 0.1) is 0 Å². The number of para-hydroxylation sites is 2. The third-order valence-electron chi connectivity index (χ3n) is 3.42. The van der Waals surface area contributed by atoms with E-state index in [1.807, 2.05) is 35.7 Å². The lowest BCUT2D eigenvalue weighted by molar-refractivity contribution is 0.727. The third kappa shape index (κ3) is 2.22. The van der Waals surface area contributed by atoms with E-state index in [4.69, 9.17) is 0 Å². The van der Waals surface area contributed by atoms with Gasteiger partial charge in [-0.25, -0.2) is 9.97 Å². The van der Waals surface area contributed by atoms with Crippen molar-refractivity contribution in [3.8, 4) is 0 Å². The molecule has 4 aromatic rings. The summed E-state index contributed by atoms with van der Waals surface area (Å²) in [5.74, 6) is 1.52. The summed E-state index contributed by atoms with van der Waals surface area (Å²) in [5, 5.41) is 2.60. The van der Waals surface area contributed by atoms with Crippen molar-refractivity contribution in [1.29, 1.82) is 0 Å². The van der Waals surface area contributed by atoms with Gasteiger partial charge >= 0.3 is 0 Å². The van der Waals surface area contributed by atoms with Gasteiger partial charge in [-0.2, -0.15) is 0 Å². The van der Waals surface area contributed by atoms with Gasteiger partial charge in [0, 0.05) is 7.05 Å². The number of rotatable bonds is 3. The van der Waals surface area contributed by atoms with Crippen LogP contribution in [0.15, 0.2) is 45.7 Å². The Labute approximate surface area is 134 Å². The Hall–Kier alpha value is -2.12. The van der Waals surface area contributed by atoms with Crippen LogP contribution in [0.1, 0.15) is 5.82 Å². The lowest BCUT2D eigenvalue weighted by atomic mass is 10.3. The number of H-pyrrole nitrogens is 1. The van der Waals surface area contributed by atoms with Crippen LogP contribution < -0.4 is 5.56 Å². The van der Waals surface area contributed by atoms with E-state index in [1.54, 1.807) is 11.6 Å². The van der Waals surface area contributed by atoms with Crippen molar-refractivity contribution in [2.45, 2.75) is 10.9 Å². The Morgan fingerprint density at radius 2 is 2.09 bits per heavy atom. The summed E-state index contributed by atoms with van der Waals surface area (Å²) in [5.41, 5.74) is 2.74. The lowest BCUT2D eigenvalue weighted by Gasteiger charge is -2.05. The van der Waals surface area contributed by atoms with Crippen molar-refractivity contribution in [1.82, 2.24) is 19.5 Å². The minimum absolute atomic E-state index is 0.00658. The number of benzene rings is 1. The molecule has 0 amide bonds. The number of nitrogens with zero attached hydrogens (tertiary/aromatic N) is 3. The van der Waals surface area contributed by atoms with E-state index in [1.165, 1.54) is 23.1 Å². The largest absolute Gasteiger partial charge is 0.341 e. The highest BCUT2D eigenvalue weighted by molar-refractivity contribution is 7.98. The number of aromatic nitrogens is 4. The minimum atomic E-state index is 0.00658. The monoisotopic (exact) mass is 328 g/mol. The number of nitrogens with one attached hydrogen (secondary N) is 1. The van der Waals surface area contributed by atoms with E-state index >= 15 is 0 Å². The number of thiophene rings is 1. The fraction of sp³-hybridized carbons (Fsp3) is 0.133. The fourth-order valence-electron chi connectivity index (χ4n) is 2.30. The molecule has 3 aromatic heterocycles. The molecule has 0 bridgehead atoms. The topological polar surface area (TPSA) is 63.6 Å². The average Bonchev–Trinajstić information content (AvgIpc) is 3.15. The molecule has 0 fully saturated rings. The van der Waals surface area contributed by atoms with Crippen LogP contribution in [-0.4, -0.2) is 19.5 Å². The van der Waals surface area contributed by atoms with E-state index < -0.39 is 0 Å². The summed E-state index contributed by atoms with van der Waals surface area (Å²) < 4.78 is 2.31. The van der Waals surface area contributed by atoms with E-state index in [-0.39, 0.29) is 5.56 Å². The molecule has 3 heterocycles. The van der Waals surface area contributed by atoms with E-state index in [9.17, 15) is 4.79 Å². The second-order valence-corrected chi connectivity index (χ2v) is 6.74. The van der Waals surface area contributed by atoms with Gasteiger partial charge in [-0.3, -0.25) is 9.36 Å². The molecule has 0 saturated carbocycles. The van der Waals surface area contributed by atoms with Gasteiger partial charge < -0.3 is 4.98 Å². The van der Waals surface area contributed by atoms with Crippen molar-refractivity contribution in [3.63, 3.8) is 0 Å².